The highest BCUT2D eigenvalue weighted by Crippen LogP contribution is 2.33. The van der Waals surface area contributed by atoms with Crippen molar-refractivity contribution in [2.24, 2.45) is 5.73 Å². The molecule has 0 atom stereocenters. The summed E-state index contributed by atoms with van der Waals surface area (Å²) in [6, 6.07) is 13.1. The highest BCUT2D eigenvalue weighted by Gasteiger charge is 2.27. The summed E-state index contributed by atoms with van der Waals surface area (Å²) >= 11 is 0. The third kappa shape index (κ3) is 3.65. The van der Waals surface area contributed by atoms with Crippen LogP contribution in [0, 0.1) is 6.92 Å². The number of aryl methyl sites for hydroxylation is 1. The molecule has 0 radical (unpaired) electrons. The van der Waals surface area contributed by atoms with Crippen molar-refractivity contribution in [2.75, 3.05) is 6.61 Å². The number of benzene rings is 2. The molecule has 2 aromatic rings. The highest BCUT2D eigenvalue weighted by molar-refractivity contribution is 7.71. The van der Waals surface area contributed by atoms with E-state index in [2.05, 4.69) is 0 Å². The summed E-state index contributed by atoms with van der Waals surface area (Å²) in [5.74, 6) is -0.330. The van der Waals surface area contributed by atoms with E-state index in [1.165, 1.54) is 0 Å². The number of carbonyl (C=O) groups is 1. The molecule has 1 aliphatic rings. The maximum atomic E-state index is 12.2. The second-order valence-corrected chi connectivity index (χ2v) is 6.94. The van der Waals surface area contributed by atoms with Crippen LogP contribution in [0.1, 0.15) is 27.8 Å². The number of hydrogen-bond donors (Lipinski definition) is 2. The number of nitrogens with two attached hydrogens (primary N) is 1. The molecule has 0 fully saturated rings. The summed E-state index contributed by atoms with van der Waals surface area (Å²) < 4.78 is 27.1. The largest absolute Gasteiger partial charge is 0.457 e. The lowest BCUT2D eigenvalue weighted by atomic mass is 9.94. The smallest absolute Gasteiger partial charge is 0.339 e. The van der Waals surface area contributed by atoms with Gasteiger partial charge < -0.3 is 10.5 Å². The van der Waals surface area contributed by atoms with Gasteiger partial charge in [-0.2, -0.15) is 0 Å². The Morgan fingerprint density at radius 2 is 1.76 bits per heavy atom. The van der Waals surface area contributed by atoms with Gasteiger partial charge in [-0.3, -0.25) is 0 Å². The van der Waals surface area contributed by atoms with Gasteiger partial charge in [-0.25, -0.2) is 13.2 Å². The van der Waals surface area contributed by atoms with Gasteiger partial charge in [-0.05, 0) is 34.7 Å². The van der Waals surface area contributed by atoms with Crippen LogP contribution in [0.4, 0.5) is 0 Å². The highest BCUT2D eigenvalue weighted by atomic mass is 32.2. The Bertz CT molecular complexity index is 919. The molecule has 0 saturated heterocycles. The molecule has 0 bridgehead atoms. The van der Waals surface area contributed by atoms with E-state index in [-0.39, 0.29) is 18.3 Å². The van der Waals surface area contributed by atoms with E-state index in [1.807, 2.05) is 43.3 Å². The molecule has 0 aliphatic carbocycles. The van der Waals surface area contributed by atoms with Crippen molar-refractivity contribution >= 4 is 27.8 Å². The maximum Gasteiger partial charge on any atom is 0.339 e. The Hall–Kier alpha value is -2.44. The van der Waals surface area contributed by atoms with E-state index in [4.69, 9.17) is 10.5 Å². The number of ether oxygens (including phenoxy) is 1. The van der Waals surface area contributed by atoms with Crippen LogP contribution in [0.25, 0.3) is 11.1 Å². The van der Waals surface area contributed by atoms with Crippen molar-refractivity contribution < 1.29 is 17.9 Å². The third-order valence-corrected chi connectivity index (χ3v) is 4.92. The Balaban J connectivity index is 2.04. The number of thiol groups is 1. The fourth-order valence-electron chi connectivity index (χ4n) is 2.93. The van der Waals surface area contributed by atoms with Crippen LogP contribution in [-0.4, -0.2) is 21.0 Å². The molecule has 0 unspecified atom stereocenters. The average Bonchev–Trinajstić information content (AvgIpc) is 2.98. The summed E-state index contributed by atoms with van der Waals surface area (Å²) in [4.78, 5) is 12.2. The molecule has 0 aromatic heterocycles. The summed E-state index contributed by atoms with van der Waals surface area (Å²) in [7, 11) is -2.47. The van der Waals surface area contributed by atoms with Crippen LogP contribution in [0.15, 0.2) is 42.5 Å². The SMILES string of the molecule is Cc1cc(C2=C(c3ccc(CN)cc3)C(=O)OC2)ccc1C[SH](=O)=O. The Kier molecular flexibility index (Phi) is 5.01. The standard InChI is InChI=1S/C19H19NO4S/c1-12-8-15(6-7-16(12)11-25(22)23)17-10-24-19(21)18(17)14-4-2-13(9-20)3-5-14/h2-8,25H,9-11,20H2,1H3. The zero-order valence-electron chi connectivity index (χ0n) is 13.8. The van der Waals surface area contributed by atoms with E-state index in [0.29, 0.717) is 12.1 Å². The van der Waals surface area contributed by atoms with E-state index in [9.17, 15) is 13.2 Å². The molecule has 5 nitrogen and oxygen atoms in total. The molecule has 25 heavy (non-hydrogen) atoms. The monoisotopic (exact) mass is 357 g/mol. The van der Waals surface area contributed by atoms with Gasteiger partial charge in [0.15, 0.2) is 0 Å². The second-order valence-electron chi connectivity index (χ2n) is 5.96. The number of hydrogen-bond acceptors (Lipinski definition) is 5. The Morgan fingerprint density at radius 1 is 1.08 bits per heavy atom. The first kappa shape index (κ1) is 17.4. The van der Waals surface area contributed by atoms with Gasteiger partial charge >= 0.3 is 5.97 Å². The minimum Gasteiger partial charge on any atom is -0.457 e. The van der Waals surface area contributed by atoms with Gasteiger partial charge in [-0.1, -0.05) is 42.5 Å². The predicted octanol–water partition coefficient (Wildman–Crippen LogP) is 2.03. The quantitative estimate of drug-likeness (QED) is 0.632. The summed E-state index contributed by atoms with van der Waals surface area (Å²) in [5, 5.41) is 0. The van der Waals surface area contributed by atoms with Crippen LogP contribution < -0.4 is 5.73 Å². The topological polar surface area (TPSA) is 86.5 Å². The van der Waals surface area contributed by atoms with Crippen LogP contribution >= 0.6 is 0 Å². The van der Waals surface area contributed by atoms with Crippen LogP contribution in [-0.2, 0) is 32.5 Å². The zero-order chi connectivity index (χ0) is 18.0. The van der Waals surface area contributed by atoms with Crippen molar-refractivity contribution in [3.63, 3.8) is 0 Å². The van der Waals surface area contributed by atoms with E-state index in [0.717, 1.165) is 33.4 Å². The normalized spacial score (nSPS) is 14.3. The summed E-state index contributed by atoms with van der Waals surface area (Å²) in [6.07, 6.45) is 0. The molecule has 0 spiro atoms. The molecular weight excluding hydrogens is 338 g/mol. The lowest BCUT2D eigenvalue weighted by molar-refractivity contribution is -0.133. The van der Waals surface area contributed by atoms with Crippen molar-refractivity contribution in [1.82, 2.24) is 0 Å². The molecule has 0 saturated carbocycles. The Morgan fingerprint density at radius 3 is 2.36 bits per heavy atom. The van der Waals surface area contributed by atoms with Gasteiger partial charge in [0.25, 0.3) is 0 Å². The number of cyclic esters (lactones) is 1. The first-order chi connectivity index (χ1) is 12.0. The van der Waals surface area contributed by atoms with Crippen molar-refractivity contribution in [3.8, 4) is 0 Å². The van der Waals surface area contributed by atoms with Crippen LogP contribution in [0.2, 0.25) is 0 Å². The van der Waals surface area contributed by atoms with Gasteiger partial charge in [-0.15, -0.1) is 0 Å². The minimum atomic E-state index is -2.47. The van der Waals surface area contributed by atoms with Gasteiger partial charge in [0.05, 0.1) is 11.3 Å². The average molecular weight is 357 g/mol. The first-order valence-electron chi connectivity index (χ1n) is 7.91. The molecule has 2 aromatic carbocycles. The zero-order valence-corrected chi connectivity index (χ0v) is 14.7. The number of esters is 1. The third-order valence-electron chi connectivity index (χ3n) is 4.32. The lowest BCUT2D eigenvalue weighted by Gasteiger charge is -2.09. The van der Waals surface area contributed by atoms with E-state index >= 15 is 0 Å². The van der Waals surface area contributed by atoms with Gasteiger partial charge in [0.1, 0.15) is 17.3 Å². The van der Waals surface area contributed by atoms with Crippen molar-refractivity contribution in [2.45, 2.75) is 19.2 Å². The summed E-state index contributed by atoms with van der Waals surface area (Å²) in [5.41, 5.74) is 11.3. The van der Waals surface area contributed by atoms with Gasteiger partial charge in [0, 0.05) is 12.1 Å². The molecule has 1 aliphatic heterocycles. The van der Waals surface area contributed by atoms with Crippen molar-refractivity contribution in [3.05, 3.63) is 70.3 Å². The molecule has 2 N–H and O–H groups in total. The molecule has 3 rings (SSSR count). The van der Waals surface area contributed by atoms with E-state index in [1.54, 1.807) is 6.07 Å². The van der Waals surface area contributed by atoms with E-state index < -0.39 is 10.7 Å². The number of rotatable bonds is 5. The second kappa shape index (κ2) is 7.21. The fraction of sp³-hybridized carbons (Fsp3) is 0.211. The molecule has 130 valence electrons. The fourth-order valence-corrected chi connectivity index (χ4v) is 3.57. The summed E-state index contributed by atoms with van der Waals surface area (Å²) in [6.45, 7) is 2.52. The molecule has 0 amide bonds. The Labute approximate surface area is 148 Å². The molecule has 1 heterocycles. The number of carbonyl (C=O) groups excluding carboxylic acids is 1. The molecular formula is C19H19NO4S. The predicted molar refractivity (Wildman–Crippen MR) is 97.3 cm³/mol. The van der Waals surface area contributed by atoms with Crippen molar-refractivity contribution in [1.29, 1.82) is 0 Å². The first-order valence-corrected chi connectivity index (χ1v) is 9.27. The lowest BCUT2D eigenvalue weighted by Crippen LogP contribution is -2.00. The van der Waals surface area contributed by atoms with Crippen LogP contribution in [0.5, 0.6) is 0 Å². The minimum absolute atomic E-state index is 0.0172. The van der Waals surface area contributed by atoms with Gasteiger partial charge in [0.2, 0.25) is 0 Å². The van der Waals surface area contributed by atoms with Crippen LogP contribution in [0.3, 0.4) is 0 Å². The maximum absolute atomic E-state index is 12.2. The molecule has 6 heteroatoms.